The van der Waals surface area contributed by atoms with E-state index in [1.807, 2.05) is 36.4 Å². The molecule has 0 spiro atoms. The van der Waals surface area contributed by atoms with Crippen molar-refractivity contribution in [1.29, 1.82) is 0 Å². The fourth-order valence-corrected chi connectivity index (χ4v) is 4.08. The van der Waals surface area contributed by atoms with Crippen LogP contribution in [-0.2, 0) is 17.6 Å². The lowest BCUT2D eigenvalue weighted by molar-refractivity contribution is 0.0466. The number of anilines is 2. The smallest absolute Gasteiger partial charge is 0.338 e. The van der Waals surface area contributed by atoms with Gasteiger partial charge in [-0.05, 0) is 68.2 Å². The van der Waals surface area contributed by atoms with Crippen molar-refractivity contribution in [3.63, 3.8) is 0 Å². The van der Waals surface area contributed by atoms with Crippen LogP contribution < -0.4 is 5.32 Å². The molecule has 1 heterocycles. The molecule has 1 aliphatic carbocycles. The standard InChI is InChI=1S/C25H29N3O2/c1-3-28(4-2)16-17-30-25(29)18-12-14-19(15-13-18)26-24-20-8-5-6-10-22(20)27-23-11-7-9-21(23)24/h5-6,8,10,12-15H,3-4,7,9,11,16-17H2,1-2H3,(H,26,27). The molecule has 3 aromatic rings. The summed E-state index contributed by atoms with van der Waals surface area (Å²) in [5, 5.41) is 4.73. The first-order chi connectivity index (χ1) is 14.7. The summed E-state index contributed by atoms with van der Waals surface area (Å²) < 4.78 is 5.43. The Morgan fingerprint density at radius 2 is 1.83 bits per heavy atom. The first-order valence-corrected chi connectivity index (χ1v) is 10.9. The Labute approximate surface area is 178 Å². The van der Waals surface area contributed by atoms with E-state index in [2.05, 4.69) is 36.2 Å². The maximum Gasteiger partial charge on any atom is 0.338 e. The minimum absolute atomic E-state index is 0.274. The molecule has 0 atom stereocenters. The van der Waals surface area contributed by atoms with Crippen LogP contribution >= 0.6 is 0 Å². The van der Waals surface area contributed by atoms with Gasteiger partial charge in [0.05, 0.1) is 16.8 Å². The van der Waals surface area contributed by atoms with Gasteiger partial charge in [-0.1, -0.05) is 32.0 Å². The number of nitrogens with zero attached hydrogens (tertiary/aromatic N) is 2. The van der Waals surface area contributed by atoms with Gasteiger partial charge in [-0.2, -0.15) is 0 Å². The van der Waals surface area contributed by atoms with Crippen molar-refractivity contribution in [2.24, 2.45) is 0 Å². The first kappa shape index (κ1) is 20.4. The van der Waals surface area contributed by atoms with Crippen LogP contribution in [0.25, 0.3) is 10.9 Å². The van der Waals surface area contributed by atoms with E-state index in [0.29, 0.717) is 12.2 Å². The van der Waals surface area contributed by atoms with Crippen molar-refractivity contribution in [3.8, 4) is 0 Å². The number of para-hydroxylation sites is 1. The van der Waals surface area contributed by atoms with Crippen molar-refractivity contribution >= 4 is 28.2 Å². The summed E-state index contributed by atoms with van der Waals surface area (Å²) in [4.78, 5) is 19.4. The number of carbonyl (C=O) groups is 1. The number of benzene rings is 2. The molecule has 1 N–H and O–H groups in total. The molecule has 4 rings (SSSR count). The molecule has 0 radical (unpaired) electrons. The molecule has 0 bridgehead atoms. The van der Waals surface area contributed by atoms with E-state index in [4.69, 9.17) is 9.72 Å². The van der Waals surface area contributed by atoms with Gasteiger partial charge in [-0.15, -0.1) is 0 Å². The lowest BCUT2D eigenvalue weighted by Gasteiger charge is -2.17. The molecule has 5 heteroatoms. The van der Waals surface area contributed by atoms with Crippen molar-refractivity contribution in [2.75, 3.05) is 31.6 Å². The van der Waals surface area contributed by atoms with Gasteiger partial charge in [-0.3, -0.25) is 4.98 Å². The molecular weight excluding hydrogens is 374 g/mol. The zero-order valence-electron chi connectivity index (χ0n) is 17.8. The van der Waals surface area contributed by atoms with Crippen molar-refractivity contribution in [2.45, 2.75) is 33.1 Å². The third-order valence-electron chi connectivity index (χ3n) is 5.84. The molecule has 156 valence electrons. The maximum atomic E-state index is 12.3. The Morgan fingerprint density at radius 1 is 1.07 bits per heavy atom. The van der Waals surface area contributed by atoms with Crippen LogP contribution in [0.2, 0.25) is 0 Å². The number of hydrogen-bond donors (Lipinski definition) is 1. The Bertz CT molecular complexity index is 1030. The van der Waals surface area contributed by atoms with Crippen molar-refractivity contribution < 1.29 is 9.53 Å². The molecule has 2 aromatic carbocycles. The average Bonchev–Trinajstić information content (AvgIpc) is 3.25. The molecule has 0 aliphatic heterocycles. The third-order valence-corrected chi connectivity index (χ3v) is 5.84. The normalized spacial score (nSPS) is 12.9. The molecule has 30 heavy (non-hydrogen) atoms. The average molecular weight is 404 g/mol. The van der Waals surface area contributed by atoms with E-state index in [-0.39, 0.29) is 5.97 Å². The molecule has 1 aromatic heterocycles. The number of likely N-dealkylation sites (N-methyl/N-ethyl adjacent to an activating group) is 1. The molecular formula is C25H29N3O2. The van der Waals surface area contributed by atoms with E-state index in [1.54, 1.807) is 0 Å². The summed E-state index contributed by atoms with van der Waals surface area (Å²) in [6.45, 7) is 7.31. The highest BCUT2D eigenvalue weighted by Gasteiger charge is 2.19. The van der Waals surface area contributed by atoms with E-state index >= 15 is 0 Å². The number of rotatable bonds is 8. The molecule has 0 amide bonds. The minimum Gasteiger partial charge on any atom is -0.461 e. The van der Waals surface area contributed by atoms with Crippen LogP contribution in [-0.4, -0.2) is 42.1 Å². The highest BCUT2D eigenvalue weighted by atomic mass is 16.5. The molecule has 0 saturated heterocycles. The fraction of sp³-hybridized carbons (Fsp3) is 0.360. The Hall–Kier alpha value is -2.92. The quantitative estimate of drug-likeness (QED) is 0.539. The molecule has 1 aliphatic rings. The summed E-state index contributed by atoms with van der Waals surface area (Å²) in [7, 11) is 0. The second-order valence-corrected chi connectivity index (χ2v) is 7.65. The Kier molecular flexibility index (Phi) is 6.29. The number of aromatic nitrogens is 1. The highest BCUT2D eigenvalue weighted by Crippen LogP contribution is 2.35. The number of fused-ring (bicyclic) bond motifs is 2. The van der Waals surface area contributed by atoms with Crippen LogP contribution in [0.4, 0.5) is 11.4 Å². The van der Waals surface area contributed by atoms with Gasteiger partial charge in [0.1, 0.15) is 6.61 Å². The predicted molar refractivity (Wildman–Crippen MR) is 122 cm³/mol. The van der Waals surface area contributed by atoms with Gasteiger partial charge in [-0.25, -0.2) is 4.79 Å². The van der Waals surface area contributed by atoms with Gasteiger partial charge in [0.25, 0.3) is 0 Å². The summed E-state index contributed by atoms with van der Waals surface area (Å²) in [6, 6.07) is 15.8. The number of nitrogens with one attached hydrogen (secondary N) is 1. The van der Waals surface area contributed by atoms with E-state index < -0.39 is 0 Å². The van der Waals surface area contributed by atoms with Gasteiger partial charge in [0.15, 0.2) is 0 Å². The Morgan fingerprint density at radius 3 is 2.60 bits per heavy atom. The third kappa shape index (κ3) is 4.31. The zero-order valence-corrected chi connectivity index (χ0v) is 17.8. The number of esters is 1. The topological polar surface area (TPSA) is 54.5 Å². The summed E-state index contributed by atoms with van der Waals surface area (Å²) in [6.07, 6.45) is 3.23. The predicted octanol–water partition coefficient (Wildman–Crippen LogP) is 4.97. The van der Waals surface area contributed by atoms with E-state index in [0.717, 1.165) is 61.2 Å². The van der Waals surface area contributed by atoms with Gasteiger partial charge in [0.2, 0.25) is 0 Å². The molecule has 0 saturated carbocycles. The molecule has 0 unspecified atom stereocenters. The van der Waals surface area contributed by atoms with Crippen molar-refractivity contribution in [3.05, 3.63) is 65.4 Å². The number of aryl methyl sites for hydroxylation is 1. The second-order valence-electron chi connectivity index (χ2n) is 7.65. The van der Waals surface area contributed by atoms with Gasteiger partial charge < -0.3 is 15.0 Å². The van der Waals surface area contributed by atoms with Crippen LogP contribution in [0.1, 0.15) is 41.9 Å². The fourth-order valence-electron chi connectivity index (χ4n) is 4.08. The lowest BCUT2D eigenvalue weighted by Crippen LogP contribution is -2.27. The monoisotopic (exact) mass is 403 g/mol. The summed E-state index contributed by atoms with van der Waals surface area (Å²) in [5.74, 6) is -0.274. The van der Waals surface area contributed by atoms with E-state index in [1.165, 1.54) is 11.3 Å². The Balaban J connectivity index is 1.48. The van der Waals surface area contributed by atoms with E-state index in [9.17, 15) is 4.79 Å². The minimum atomic E-state index is -0.274. The largest absolute Gasteiger partial charge is 0.461 e. The maximum absolute atomic E-state index is 12.3. The van der Waals surface area contributed by atoms with Gasteiger partial charge >= 0.3 is 5.97 Å². The molecule has 5 nitrogen and oxygen atoms in total. The number of ether oxygens (including phenoxy) is 1. The van der Waals surface area contributed by atoms with Crippen LogP contribution in [0, 0.1) is 0 Å². The highest BCUT2D eigenvalue weighted by molar-refractivity contribution is 5.96. The number of hydrogen-bond acceptors (Lipinski definition) is 5. The van der Waals surface area contributed by atoms with Crippen LogP contribution in [0.15, 0.2) is 48.5 Å². The van der Waals surface area contributed by atoms with Crippen LogP contribution in [0.5, 0.6) is 0 Å². The lowest BCUT2D eigenvalue weighted by atomic mass is 10.1. The van der Waals surface area contributed by atoms with Gasteiger partial charge in [0, 0.05) is 23.3 Å². The number of carbonyl (C=O) groups excluding carboxylic acids is 1. The summed E-state index contributed by atoms with van der Waals surface area (Å²) >= 11 is 0. The SMILES string of the molecule is CCN(CC)CCOC(=O)c1ccc(Nc2c3c(nc4ccccc24)CCC3)cc1. The first-order valence-electron chi connectivity index (χ1n) is 10.9. The summed E-state index contributed by atoms with van der Waals surface area (Å²) in [5.41, 5.74) is 6.21. The zero-order chi connectivity index (χ0) is 20.9. The second kappa shape index (κ2) is 9.26. The number of pyridine rings is 1. The van der Waals surface area contributed by atoms with Crippen molar-refractivity contribution in [1.82, 2.24) is 9.88 Å². The van der Waals surface area contributed by atoms with Crippen LogP contribution in [0.3, 0.4) is 0 Å². The molecule has 0 fully saturated rings.